The van der Waals surface area contributed by atoms with Gasteiger partial charge in [-0.25, -0.2) is 4.98 Å². The molecule has 0 saturated carbocycles. The standard InChI is InChI=1S/C26H26N8/c1-15(2)19-11-25(32-28-13-19)31-24-7-6-22-23(30-24)10-20(12-27-22)21-14-34(5)33-26(21)18-8-16(3)29-17(4)9-18/h6-15H,1-5H3,(H,30,31,32). The third kappa shape index (κ3) is 4.34. The summed E-state index contributed by atoms with van der Waals surface area (Å²) in [5, 5.41) is 16.3. The van der Waals surface area contributed by atoms with Crippen LogP contribution < -0.4 is 5.32 Å². The molecule has 0 fully saturated rings. The Morgan fingerprint density at radius 3 is 2.41 bits per heavy atom. The molecule has 8 nitrogen and oxygen atoms in total. The SMILES string of the molecule is Cc1cc(-c2nn(C)cc2-c2cnc3ccc(Nc4cc(C(C)C)cnn4)nc3c2)cc(C)n1. The van der Waals surface area contributed by atoms with Crippen LogP contribution >= 0.6 is 0 Å². The van der Waals surface area contributed by atoms with Crippen molar-refractivity contribution >= 4 is 22.7 Å². The van der Waals surface area contributed by atoms with Gasteiger partial charge in [-0.1, -0.05) is 13.8 Å². The molecule has 0 aliphatic heterocycles. The maximum absolute atomic E-state index is 4.79. The van der Waals surface area contributed by atoms with Crippen LogP contribution in [0.3, 0.4) is 0 Å². The van der Waals surface area contributed by atoms with E-state index in [1.165, 1.54) is 0 Å². The second-order valence-corrected chi connectivity index (χ2v) is 8.82. The van der Waals surface area contributed by atoms with Crippen molar-refractivity contribution in [3.63, 3.8) is 0 Å². The fourth-order valence-electron chi connectivity index (χ4n) is 4.00. The van der Waals surface area contributed by atoms with Crippen LogP contribution in [0.2, 0.25) is 0 Å². The van der Waals surface area contributed by atoms with Gasteiger partial charge in [-0.15, -0.1) is 5.10 Å². The van der Waals surface area contributed by atoms with Crippen molar-refractivity contribution in [1.29, 1.82) is 0 Å². The van der Waals surface area contributed by atoms with Gasteiger partial charge in [0.15, 0.2) is 5.82 Å². The van der Waals surface area contributed by atoms with Crippen molar-refractivity contribution in [3.8, 4) is 22.4 Å². The first-order valence-electron chi connectivity index (χ1n) is 11.2. The summed E-state index contributed by atoms with van der Waals surface area (Å²) >= 11 is 0. The predicted octanol–water partition coefficient (Wildman–Crippen LogP) is 5.37. The molecular formula is C26H26N8. The summed E-state index contributed by atoms with van der Waals surface area (Å²) in [5.41, 5.74) is 8.53. The lowest BCUT2D eigenvalue weighted by Crippen LogP contribution is -2.00. The highest BCUT2D eigenvalue weighted by atomic mass is 15.3. The van der Waals surface area contributed by atoms with Gasteiger partial charge in [0.2, 0.25) is 0 Å². The maximum atomic E-state index is 4.79. The molecule has 34 heavy (non-hydrogen) atoms. The quantitative estimate of drug-likeness (QED) is 0.385. The summed E-state index contributed by atoms with van der Waals surface area (Å²) in [6, 6.07) is 12.0. The molecule has 0 aliphatic carbocycles. The molecule has 5 rings (SSSR count). The zero-order chi connectivity index (χ0) is 23.8. The van der Waals surface area contributed by atoms with E-state index in [1.807, 2.05) is 62.2 Å². The number of nitrogens with zero attached hydrogens (tertiary/aromatic N) is 7. The smallest absolute Gasteiger partial charge is 0.154 e. The molecule has 0 aliphatic rings. The van der Waals surface area contributed by atoms with Gasteiger partial charge >= 0.3 is 0 Å². The van der Waals surface area contributed by atoms with Gasteiger partial charge in [0, 0.05) is 47.5 Å². The van der Waals surface area contributed by atoms with E-state index in [9.17, 15) is 0 Å². The monoisotopic (exact) mass is 450 g/mol. The van der Waals surface area contributed by atoms with E-state index in [0.717, 1.165) is 50.4 Å². The van der Waals surface area contributed by atoms with Gasteiger partial charge in [0.05, 0.1) is 17.2 Å². The second kappa shape index (κ2) is 8.62. The van der Waals surface area contributed by atoms with E-state index in [2.05, 4.69) is 51.5 Å². The van der Waals surface area contributed by atoms with Crippen LogP contribution in [0.25, 0.3) is 33.4 Å². The Balaban J connectivity index is 1.53. The topological polar surface area (TPSA) is 94.3 Å². The number of aryl methyl sites for hydroxylation is 3. The maximum Gasteiger partial charge on any atom is 0.154 e. The number of pyridine rings is 3. The highest BCUT2D eigenvalue weighted by Gasteiger charge is 2.15. The van der Waals surface area contributed by atoms with Crippen molar-refractivity contribution in [1.82, 2.24) is 34.9 Å². The number of aromatic nitrogens is 7. The number of hydrogen-bond donors (Lipinski definition) is 1. The minimum Gasteiger partial charge on any atom is -0.323 e. The molecule has 0 amide bonds. The Bertz CT molecular complexity index is 1480. The molecule has 0 bridgehead atoms. The zero-order valence-electron chi connectivity index (χ0n) is 19.9. The van der Waals surface area contributed by atoms with Crippen molar-refractivity contribution in [2.75, 3.05) is 5.32 Å². The molecule has 1 N–H and O–H groups in total. The van der Waals surface area contributed by atoms with Gasteiger partial charge in [-0.3, -0.25) is 14.6 Å². The molecule has 0 atom stereocenters. The molecular weight excluding hydrogens is 424 g/mol. The summed E-state index contributed by atoms with van der Waals surface area (Å²) < 4.78 is 1.83. The van der Waals surface area contributed by atoms with E-state index in [-0.39, 0.29) is 0 Å². The first-order valence-corrected chi connectivity index (χ1v) is 11.2. The zero-order valence-corrected chi connectivity index (χ0v) is 19.9. The first-order chi connectivity index (χ1) is 16.4. The average molecular weight is 451 g/mol. The van der Waals surface area contributed by atoms with Gasteiger partial charge in [-0.05, 0) is 61.7 Å². The average Bonchev–Trinajstić information content (AvgIpc) is 3.20. The van der Waals surface area contributed by atoms with E-state index in [4.69, 9.17) is 10.1 Å². The van der Waals surface area contributed by atoms with Crippen molar-refractivity contribution in [2.45, 2.75) is 33.6 Å². The lowest BCUT2D eigenvalue weighted by molar-refractivity contribution is 0.771. The molecule has 5 heterocycles. The molecule has 170 valence electrons. The molecule has 5 aromatic rings. The fraction of sp³-hybridized carbons (Fsp3) is 0.231. The Hall–Kier alpha value is -4.20. The Morgan fingerprint density at radius 1 is 0.853 bits per heavy atom. The third-order valence-corrected chi connectivity index (χ3v) is 5.63. The van der Waals surface area contributed by atoms with Gasteiger partial charge in [0.25, 0.3) is 0 Å². The number of rotatable bonds is 5. The normalized spacial score (nSPS) is 11.4. The van der Waals surface area contributed by atoms with E-state index in [1.54, 1.807) is 6.20 Å². The third-order valence-electron chi connectivity index (χ3n) is 5.63. The molecule has 8 heteroatoms. The van der Waals surface area contributed by atoms with Crippen molar-refractivity contribution in [3.05, 3.63) is 71.9 Å². The second-order valence-electron chi connectivity index (χ2n) is 8.82. The van der Waals surface area contributed by atoms with E-state index >= 15 is 0 Å². The lowest BCUT2D eigenvalue weighted by atomic mass is 10.0. The largest absolute Gasteiger partial charge is 0.323 e. The summed E-state index contributed by atoms with van der Waals surface area (Å²) in [6.07, 6.45) is 5.67. The van der Waals surface area contributed by atoms with Crippen LogP contribution in [0.1, 0.15) is 36.7 Å². The number of nitrogens with one attached hydrogen (secondary N) is 1. The number of fused-ring (bicyclic) bond motifs is 1. The van der Waals surface area contributed by atoms with Gasteiger partial charge in [-0.2, -0.15) is 10.2 Å². The van der Waals surface area contributed by atoms with Crippen molar-refractivity contribution < 1.29 is 0 Å². The summed E-state index contributed by atoms with van der Waals surface area (Å²) in [4.78, 5) is 13.9. The number of hydrogen-bond acceptors (Lipinski definition) is 7. The van der Waals surface area contributed by atoms with Crippen LogP contribution in [0.15, 0.2) is 55.0 Å². The predicted molar refractivity (Wildman–Crippen MR) is 134 cm³/mol. The number of anilines is 2. The minimum atomic E-state index is 0.369. The van der Waals surface area contributed by atoms with Crippen LogP contribution in [-0.2, 0) is 7.05 Å². The van der Waals surface area contributed by atoms with Crippen LogP contribution in [0, 0.1) is 13.8 Å². The molecule has 0 unspecified atom stereocenters. The Kier molecular flexibility index (Phi) is 5.49. The molecule has 5 aromatic heterocycles. The lowest BCUT2D eigenvalue weighted by Gasteiger charge is -2.09. The minimum absolute atomic E-state index is 0.369. The van der Waals surface area contributed by atoms with Crippen LogP contribution in [0.4, 0.5) is 11.6 Å². The summed E-state index contributed by atoms with van der Waals surface area (Å²) in [7, 11) is 1.93. The Labute approximate surface area is 198 Å². The first kappa shape index (κ1) is 21.6. The Morgan fingerprint density at radius 2 is 1.65 bits per heavy atom. The van der Waals surface area contributed by atoms with E-state index in [0.29, 0.717) is 17.6 Å². The fourth-order valence-corrected chi connectivity index (χ4v) is 4.00. The molecule has 0 saturated heterocycles. The molecule has 0 radical (unpaired) electrons. The van der Waals surface area contributed by atoms with Crippen LogP contribution in [-0.4, -0.2) is 34.9 Å². The van der Waals surface area contributed by atoms with Crippen molar-refractivity contribution in [2.24, 2.45) is 7.05 Å². The molecule has 0 spiro atoms. The van der Waals surface area contributed by atoms with Gasteiger partial charge in [0.1, 0.15) is 11.5 Å². The summed E-state index contributed by atoms with van der Waals surface area (Å²) in [6.45, 7) is 8.25. The van der Waals surface area contributed by atoms with Gasteiger partial charge < -0.3 is 5.32 Å². The highest BCUT2D eigenvalue weighted by molar-refractivity contribution is 5.86. The molecule has 0 aromatic carbocycles. The summed E-state index contributed by atoms with van der Waals surface area (Å²) in [5.74, 6) is 1.72. The van der Waals surface area contributed by atoms with Crippen LogP contribution in [0.5, 0.6) is 0 Å². The van der Waals surface area contributed by atoms with E-state index < -0.39 is 0 Å². The highest BCUT2D eigenvalue weighted by Crippen LogP contribution is 2.32.